The van der Waals surface area contributed by atoms with E-state index < -0.39 is 11.9 Å². The lowest BCUT2D eigenvalue weighted by Crippen LogP contribution is -2.44. The van der Waals surface area contributed by atoms with Crippen molar-refractivity contribution in [1.29, 1.82) is 0 Å². The molecular weight excluding hydrogens is 240 g/mol. The van der Waals surface area contributed by atoms with Gasteiger partial charge in [0.15, 0.2) is 0 Å². The largest absolute Gasteiger partial charge is 0.383 e. The lowest BCUT2D eigenvalue weighted by molar-refractivity contribution is -0.237. The van der Waals surface area contributed by atoms with Crippen LogP contribution >= 0.6 is 0 Å². The van der Waals surface area contributed by atoms with E-state index in [1.165, 1.54) is 6.08 Å². The summed E-state index contributed by atoms with van der Waals surface area (Å²) in [6.45, 7) is 8.27. The van der Waals surface area contributed by atoms with Crippen molar-refractivity contribution in [2.75, 3.05) is 13.2 Å². The number of hydrogen-bond donors (Lipinski definition) is 1. The fourth-order valence-electron chi connectivity index (χ4n) is 1.80. The summed E-state index contributed by atoms with van der Waals surface area (Å²) >= 11 is 0. The van der Waals surface area contributed by atoms with Crippen molar-refractivity contribution in [3.63, 3.8) is 0 Å². The third-order valence-corrected chi connectivity index (χ3v) is 2.71. The van der Waals surface area contributed by atoms with Crippen LogP contribution < -0.4 is 0 Å². The van der Waals surface area contributed by atoms with E-state index in [9.17, 15) is 5.11 Å². The zero-order valence-corrected chi connectivity index (χ0v) is 11.6. The topological polar surface area (TPSA) is 38.7 Å². The van der Waals surface area contributed by atoms with Gasteiger partial charge in [-0.1, -0.05) is 43.0 Å². The first-order valence-electron chi connectivity index (χ1n) is 6.51. The molecule has 19 heavy (non-hydrogen) atoms. The van der Waals surface area contributed by atoms with Gasteiger partial charge in [0.1, 0.15) is 6.10 Å². The van der Waals surface area contributed by atoms with Gasteiger partial charge in [-0.15, -0.1) is 0 Å². The third kappa shape index (κ3) is 4.31. The summed E-state index contributed by atoms with van der Waals surface area (Å²) < 4.78 is 11.1. The molecule has 0 radical (unpaired) electrons. The molecule has 0 aliphatic carbocycles. The predicted molar refractivity (Wildman–Crippen MR) is 77.7 cm³/mol. The van der Waals surface area contributed by atoms with Gasteiger partial charge in [-0.25, -0.2) is 0 Å². The van der Waals surface area contributed by atoms with Crippen molar-refractivity contribution in [2.24, 2.45) is 0 Å². The van der Waals surface area contributed by atoms with E-state index in [1.807, 2.05) is 50.3 Å². The molecule has 1 atom stereocenters. The van der Waals surface area contributed by atoms with Crippen LogP contribution in [0.1, 0.15) is 19.4 Å². The highest BCUT2D eigenvalue weighted by Gasteiger charge is 2.35. The van der Waals surface area contributed by atoms with Gasteiger partial charge in [0.25, 0.3) is 0 Å². The molecule has 1 rings (SSSR count). The van der Waals surface area contributed by atoms with Crippen molar-refractivity contribution < 1.29 is 14.6 Å². The van der Waals surface area contributed by atoms with Crippen molar-refractivity contribution >= 4 is 6.08 Å². The van der Waals surface area contributed by atoms with E-state index in [2.05, 4.69) is 6.58 Å². The smallest absolute Gasteiger partial charge is 0.218 e. The molecule has 0 aliphatic heterocycles. The Morgan fingerprint density at radius 3 is 2.26 bits per heavy atom. The molecule has 104 valence electrons. The molecule has 1 aromatic carbocycles. The van der Waals surface area contributed by atoms with Gasteiger partial charge in [0.2, 0.25) is 5.79 Å². The Bertz CT molecular complexity index is 392. The summed E-state index contributed by atoms with van der Waals surface area (Å²) in [5.74, 6) is -1.19. The minimum Gasteiger partial charge on any atom is -0.383 e. The van der Waals surface area contributed by atoms with Gasteiger partial charge >= 0.3 is 0 Å². The predicted octanol–water partition coefficient (Wildman–Crippen LogP) is 3.02. The molecule has 0 fully saturated rings. The summed E-state index contributed by atoms with van der Waals surface area (Å²) in [5, 5.41) is 10.3. The van der Waals surface area contributed by atoms with E-state index in [1.54, 1.807) is 6.08 Å². The quantitative estimate of drug-likeness (QED) is 0.578. The lowest BCUT2D eigenvalue weighted by Gasteiger charge is -2.33. The van der Waals surface area contributed by atoms with Crippen molar-refractivity contribution in [2.45, 2.75) is 25.7 Å². The van der Waals surface area contributed by atoms with Crippen LogP contribution in [-0.4, -0.2) is 30.2 Å². The molecule has 0 saturated carbocycles. The van der Waals surface area contributed by atoms with Gasteiger partial charge in [-0.3, -0.25) is 0 Å². The summed E-state index contributed by atoms with van der Waals surface area (Å²) in [6.07, 6.45) is 4.08. The molecule has 0 saturated heterocycles. The third-order valence-electron chi connectivity index (χ3n) is 2.71. The van der Waals surface area contributed by atoms with Crippen molar-refractivity contribution in [1.82, 2.24) is 0 Å². The first-order chi connectivity index (χ1) is 9.18. The normalized spacial score (nSPS) is 13.6. The van der Waals surface area contributed by atoms with Gasteiger partial charge < -0.3 is 14.6 Å². The standard InChI is InChI=1S/C16H22O3/c1-4-16(18-5-2,19-6-3)15(17)13-12-14-10-8-7-9-11-14/h4,7-13,15,17H,1,5-6H2,2-3H3/b13-12+. The molecule has 0 amide bonds. The molecule has 0 bridgehead atoms. The van der Waals surface area contributed by atoms with Crippen molar-refractivity contribution in [3.8, 4) is 0 Å². The van der Waals surface area contributed by atoms with Crippen LogP contribution in [0.3, 0.4) is 0 Å². The molecule has 3 heteroatoms. The lowest BCUT2D eigenvalue weighted by atomic mass is 10.1. The second kappa shape index (κ2) is 7.89. The van der Waals surface area contributed by atoms with E-state index in [4.69, 9.17) is 9.47 Å². The Balaban J connectivity index is 2.84. The highest BCUT2D eigenvalue weighted by Crippen LogP contribution is 2.22. The molecule has 0 aliphatic rings. The van der Waals surface area contributed by atoms with Crippen LogP contribution in [-0.2, 0) is 9.47 Å². The Kier molecular flexibility index (Phi) is 6.50. The average Bonchev–Trinajstić information content (AvgIpc) is 2.45. The molecule has 0 aromatic heterocycles. The highest BCUT2D eigenvalue weighted by molar-refractivity contribution is 5.49. The van der Waals surface area contributed by atoms with Gasteiger partial charge in [0, 0.05) is 13.2 Å². The average molecular weight is 262 g/mol. The summed E-state index contributed by atoms with van der Waals surface area (Å²) in [4.78, 5) is 0. The Hall–Kier alpha value is -1.42. The number of ether oxygens (including phenoxy) is 2. The summed E-state index contributed by atoms with van der Waals surface area (Å²) in [5.41, 5.74) is 1.01. The van der Waals surface area contributed by atoms with Gasteiger partial charge in [-0.2, -0.15) is 0 Å². The van der Waals surface area contributed by atoms with Crippen LogP contribution in [0, 0.1) is 0 Å². The van der Waals surface area contributed by atoms with E-state index in [-0.39, 0.29) is 0 Å². The first kappa shape index (κ1) is 15.6. The van der Waals surface area contributed by atoms with Crippen LogP contribution in [0.2, 0.25) is 0 Å². The van der Waals surface area contributed by atoms with Crippen molar-refractivity contribution in [3.05, 3.63) is 54.6 Å². The molecular formula is C16H22O3. The fraction of sp³-hybridized carbons (Fsp3) is 0.375. The number of benzene rings is 1. The Morgan fingerprint density at radius 1 is 1.21 bits per heavy atom. The maximum Gasteiger partial charge on any atom is 0.218 e. The first-order valence-corrected chi connectivity index (χ1v) is 6.51. The zero-order valence-electron chi connectivity index (χ0n) is 11.6. The highest BCUT2D eigenvalue weighted by atomic mass is 16.7. The fourth-order valence-corrected chi connectivity index (χ4v) is 1.80. The van der Waals surface area contributed by atoms with Crippen LogP contribution in [0.25, 0.3) is 6.08 Å². The minimum atomic E-state index is -1.19. The number of aliphatic hydroxyl groups excluding tert-OH is 1. The Morgan fingerprint density at radius 2 is 1.79 bits per heavy atom. The number of aliphatic hydroxyl groups is 1. The SMILES string of the molecule is C=CC(OCC)(OCC)C(O)/C=C/c1ccccc1. The maximum atomic E-state index is 10.3. The molecule has 1 N–H and O–H groups in total. The monoisotopic (exact) mass is 262 g/mol. The Labute approximate surface area is 115 Å². The molecule has 0 spiro atoms. The van der Waals surface area contributed by atoms with E-state index in [0.717, 1.165) is 5.56 Å². The molecule has 3 nitrogen and oxygen atoms in total. The number of hydrogen-bond acceptors (Lipinski definition) is 3. The van der Waals surface area contributed by atoms with Gasteiger partial charge in [-0.05, 0) is 31.6 Å². The van der Waals surface area contributed by atoms with Crippen LogP contribution in [0.15, 0.2) is 49.1 Å². The molecule has 1 unspecified atom stereocenters. The zero-order chi connectivity index (χ0) is 14.1. The molecule has 1 aromatic rings. The summed E-state index contributed by atoms with van der Waals surface area (Å²) in [7, 11) is 0. The maximum absolute atomic E-state index is 10.3. The summed E-state index contributed by atoms with van der Waals surface area (Å²) in [6, 6.07) is 9.75. The second-order valence-corrected chi connectivity index (χ2v) is 4.01. The molecule has 0 heterocycles. The van der Waals surface area contributed by atoms with Crippen LogP contribution in [0.5, 0.6) is 0 Å². The minimum absolute atomic E-state index is 0.433. The van der Waals surface area contributed by atoms with E-state index >= 15 is 0 Å². The van der Waals surface area contributed by atoms with Crippen LogP contribution in [0.4, 0.5) is 0 Å². The van der Waals surface area contributed by atoms with E-state index in [0.29, 0.717) is 13.2 Å². The number of rotatable bonds is 8. The second-order valence-electron chi connectivity index (χ2n) is 4.01. The van der Waals surface area contributed by atoms with Gasteiger partial charge in [0.05, 0.1) is 0 Å².